The van der Waals surface area contributed by atoms with Crippen molar-refractivity contribution in [1.82, 2.24) is 14.8 Å². The highest BCUT2D eigenvalue weighted by Gasteiger charge is 2.26. The van der Waals surface area contributed by atoms with Gasteiger partial charge in [0.25, 0.3) is 0 Å². The minimum absolute atomic E-state index is 0.303. The summed E-state index contributed by atoms with van der Waals surface area (Å²) in [6.45, 7) is 0. The van der Waals surface area contributed by atoms with Crippen molar-refractivity contribution in [2.24, 2.45) is 7.05 Å². The minimum Gasteiger partial charge on any atom is -0.290 e. The average Bonchev–Trinajstić information content (AvgIpc) is 2.87. The van der Waals surface area contributed by atoms with Gasteiger partial charge in [-0.15, -0.1) is 0 Å². The molecule has 2 aromatic heterocycles. The second-order valence-electron chi connectivity index (χ2n) is 4.70. The standard InChI is InChI=1S/C16H12N4O/c1-20-14-7-3-2-6-12(14)15(19-20)16(21)13(9-17)11-5-4-8-18-10-11/h2-8,10,13H,1H3. The van der Waals surface area contributed by atoms with Crippen molar-refractivity contribution >= 4 is 16.7 Å². The summed E-state index contributed by atoms with van der Waals surface area (Å²) in [6.07, 6.45) is 3.15. The summed E-state index contributed by atoms with van der Waals surface area (Å²) in [5.74, 6) is -1.20. The zero-order chi connectivity index (χ0) is 14.8. The normalized spacial score (nSPS) is 12.0. The number of fused-ring (bicyclic) bond motifs is 1. The maximum atomic E-state index is 12.7. The number of hydrogen-bond acceptors (Lipinski definition) is 4. The summed E-state index contributed by atoms with van der Waals surface area (Å²) < 4.78 is 1.65. The van der Waals surface area contributed by atoms with E-state index in [1.165, 1.54) is 6.20 Å². The van der Waals surface area contributed by atoms with Crippen LogP contribution in [0.1, 0.15) is 22.0 Å². The van der Waals surface area contributed by atoms with Crippen LogP contribution in [0.5, 0.6) is 0 Å². The topological polar surface area (TPSA) is 71.6 Å². The lowest BCUT2D eigenvalue weighted by Gasteiger charge is -2.06. The second kappa shape index (κ2) is 5.17. The van der Waals surface area contributed by atoms with Crippen molar-refractivity contribution in [2.75, 3.05) is 0 Å². The first-order valence-corrected chi connectivity index (χ1v) is 6.48. The van der Waals surface area contributed by atoms with Crippen molar-refractivity contribution in [1.29, 1.82) is 5.26 Å². The van der Waals surface area contributed by atoms with Crippen LogP contribution in [0.3, 0.4) is 0 Å². The number of para-hydroxylation sites is 1. The van der Waals surface area contributed by atoms with Crippen molar-refractivity contribution in [3.05, 3.63) is 60.0 Å². The van der Waals surface area contributed by atoms with E-state index in [0.717, 1.165) is 10.9 Å². The molecule has 1 unspecified atom stereocenters. The Morgan fingerprint density at radius 3 is 2.81 bits per heavy atom. The van der Waals surface area contributed by atoms with Crippen LogP contribution in [0.4, 0.5) is 0 Å². The van der Waals surface area contributed by atoms with Gasteiger partial charge in [0.2, 0.25) is 5.78 Å². The number of Topliss-reactive ketones (excluding diaryl/α,β-unsaturated/α-hetero) is 1. The lowest BCUT2D eigenvalue weighted by molar-refractivity contribution is 0.0974. The smallest absolute Gasteiger partial charge is 0.205 e. The van der Waals surface area contributed by atoms with E-state index in [4.69, 9.17) is 0 Å². The van der Waals surface area contributed by atoms with Gasteiger partial charge >= 0.3 is 0 Å². The molecule has 0 spiro atoms. The second-order valence-corrected chi connectivity index (χ2v) is 4.70. The van der Waals surface area contributed by atoms with Gasteiger partial charge < -0.3 is 0 Å². The predicted octanol–water partition coefficient (Wildman–Crippen LogP) is 2.46. The number of rotatable bonds is 3. The maximum Gasteiger partial charge on any atom is 0.205 e. The molecule has 0 aliphatic carbocycles. The first-order chi connectivity index (χ1) is 10.2. The number of ketones is 1. The summed E-state index contributed by atoms with van der Waals surface area (Å²) in [7, 11) is 1.78. The fourth-order valence-corrected chi connectivity index (χ4v) is 2.36. The van der Waals surface area contributed by atoms with E-state index in [-0.39, 0.29) is 5.78 Å². The highest BCUT2D eigenvalue weighted by atomic mass is 16.1. The third-order valence-corrected chi connectivity index (χ3v) is 3.40. The molecule has 0 radical (unpaired) electrons. The zero-order valence-corrected chi connectivity index (χ0v) is 11.4. The van der Waals surface area contributed by atoms with Crippen molar-refractivity contribution < 1.29 is 4.79 Å². The molecule has 0 bridgehead atoms. The molecule has 0 N–H and O–H groups in total. The van der Waals surface area contributed by atoms with Gasteiger partial charge in [-0.05, 0) is 17.7 Å². The van der Waals surface area contributed by atoms with Crippen LogP contribution < -0.4 is 0 Å². The largest absolute Gasteiger partial charge is 0.290 e. The van der Waals surface area contributed by atoms with Crippen LogP contribution >= 0.6 is 0 Å². The molecule has 0 amide bonds. The fraction of sp³-hybridized carbons (Fsp3) is 0.125. The predicted molar refractivity (Wildman–Crippen MR) is 77.6 cm³/mol. The Morgan fingerprint density at radius 2 is 2.10 bits per heavy atom. The zero-order valence-electron chi connectivity index (χ0n) is 11.4. The number of carbonyl (C=O) groups excluding carboxylic acids is 1. The van der Waals surface area contributed by atoms with Crippen molar-refractivity contribution in [3.63, 3.8) is 0 Å². The third kappa shape index (κ3) is 2.17. The van der Waals surface area contributed by atoms with Crippen LogP contribution in [-0.2, 0) is 7.05 Å². The minimum atomic E-state index is -0.892. The Kier molecular flexibility index (Phi) is 3.20. The van der Waals surface area contributed by atoms with Crippen LogP contribution in [0.2, 0.25) is 0 Å². The molecule has 5 heteroatoms. The Bertz CT molecular complexity index is 846. The monoisotopic (exact) mass is 276 g/mol. The van der Waals surface area contributed by atoms with Gasteiger partial charge in [-0.2, -0.15) is 10.4 Å². The van der Waals surface area contributed by atoms with E-state index in [2.05, 4.69) is 16.2 Å². The van der Waals surface area contributed by atoms with Gasteiger partial charge in [0.15, 0.2) is 0 Å². The molecule has 0 saturated carbocycles. The molecular weight excluding hydrogens is 264 g/mol. The average molecular weight is 276 g/mol. The van der Waals surface area contributed by atoms with Gasteiger partial charge in [0.05, 0.1) is 11.6 Å². The Balaban J connectivity index is 2.10. The lowest BCUT2D eigenvalue weighted by atomic mass is 9.94. The molecule has 0 saturated heterocycles. The van der Waals surface area contributed by atoms with E-state index in [0.29, 0.717) is 11.3 Å². The summed E-state index contributed by atoms with van der Waals surface area (Å²) >= 11 is 0. The lowest BCUT2D eigenvalue weighted by Crippen LogP contribution is -2.12. The molecule has 1 atom stereocenters. The molecular formula is C16H12N4O. The molecule has 21 heavy (non-hydrogen) atoms. The summed E-state index contributed by atoms with van der Waals surface area (Å²) in [4.78, 5) is 16.6. The quantitative estimate of drug-likeness (QED) is 0.689. The van der Waals surface area contributed by atoms with Crippen LogP contribution in [0.15, 0.2) is 48.8 Å². The molecule has 1 aromatic carbocycles. The number of hydrogen-bond donors (Lipinski definition) is 0. The van der Waals surface area contributed by atoms with Gasteiger partial charge in [0, 0.05) is 24.8 Å². The van der Waals surface area contributed by atoms with Crippen LogP contribution in [0.25, 0.3) is 10.9 Å². The van der Waals surface area contributed by atoms with Gasteiger partial charge in [-0.25, -0.2) is 0 Å². The fourth-order valence-electron chi connectivity index (χ4n) is 2.36. The SMILES string of the molecule is Cn1nc(C(=O)C(C#N)c2cccnc2)c2ccccc21. The molecule has 5 nitrogen and oxygen atoms in total. The number of benzene rings is 1. The molecule has 0 aliphatic rings. The van der Waals surface area contributed by atoms with Crippen LogP contribution in [-0.4, -0.2) is 20.5 Å². The van der Waals surface area contributed by atoms with E-state index in [1.54, 1.807) is 30.1 Å². The van der Waals surface area contributed by atoms with E-state index >= 15 is 0 Å². The molecule has 0 fully saturated rings. The summed E-state index contributed by atoms with van der Waals surface area (Å²) in [5, 5.41) is 14.4. The molecule has 0 aliphatic heterocycles. The maximum absolute atomic E-state index is 12.7. The van der Waals surface area contributed by atoms with Crippen molar-refractivity contribution in [3.8, 4) is 6.07 Å². The Hall–Kier alpha value is -3.00. The third-order valence-electron chi connectivity index (χ3n) is 3.40. The molecule has 2 heterocycles. The first kappa shape index (κ1) is 13.0. The van der Waals surface area contributed by atoms with E-state index in [1.807, 2.05) is 24.3 Å². The number of nitriles is 1. The van der Waals surface area contributed by atoms with E-state index < -0.39 is 5.92 Å². The number of aryl methyl sites for hydroxylation is 1. The Labute approximate surface area is 121 Å². The van der Waals surface area contributed by atoms with Crippen molar-refractivity contribution in [2.45, 2.75) is 5.92 Å². The molecule has 3 aromatic rings. The first-order valence-electron chi connectivity index (χ1n) is 6.48. The summed E-state index contributed by atoms with van der Waals surface area (Å²) in [6, 6.07) is 13.0. The van der Waals surface area contributed by atoms with Gasteiger partial charge in [-0.1, -0.05) is 24.3 Å². The van der Waals surface area contributed by atoms with Gasteiger partial charge in [-0.3, -0.25) is 14.5 Å². The van der Waals surface area contributed by atoms with Gasteiger partial charge in [0.1, 0.15) is 11.6 Å². The van der Waals surface area contributed by atoms with E-state index in [9.17, 15) is 10.1 Å². The highest BCUT2D eigenvalue weighted by molar-refractivity contribution is 6.10. The number of aromatic nitrogens is 3. The molecule has 3 rings (SSSR count). The number of pyridine rings is 1. The number of nitrogens with zero attached hydrogens (tertiary/aromatic N) is 4. The van der Waals surface area contributed by atoms with Crippen LogP contribution in [0, 0.1) is 11.3 Å². The molecule has 102 valence electrons. The Morgan fingerprint density at radius 1 is 1.29 bits per heavy atom. The highest BCUT2D eigenvalue weighted by Crippen LogP contribution is 2.24. The summed E-state index contributed by atoms with van der Waals surface area (Å²) in [5.41, 5.74) is 1.77. The number of carbonyl (C=O) groups is 1.